The number of carbonyl (C=O) groups is 1. The predicted molar refractivity (Wildman–Crippen MR) is 122 cm³/mol. The molecule has 1 fully saturated rings. The second-order valence-electron chi connectivity index (χ2n) is 8.52. The van der Waals surface area contributed by atoms with Crippen LogP contribution in [-0.4, -0.2) is 62.4 Å². The molecule has 7 nitrogen and oxygen atoms in total. The third kappa shape index (κ3) is 6.78. The third-order valence-corrected chi connectivity index (χ3v) is 7.16. The molecule has 0 bridgehead atoms. The highest BCUT2D eigenvalue weighted by Gasteiger charge is 2.32. The van der Waals surface area contributed by atoms with E-state index >= 15 is 0 Å². The lowest BCUT2D eigenvalue weighted by molar-refractivity contribution is -0.137. The molecule has 0 aliphatic carbocycles. The second kappa shape index (κ2) is 10.4. The topological polar surface area (TPSA) is 79.0 Å². The zero-order chi connectivity index (χ0) is 25.1. The Labute approximate surface area is 197 Å². The van der Waals surface area contributed by atoms with Crippen LogP contribution in [0.1, 0.15) is 25.0 Å². The van der Waals surface area contributed by atoms with Crippen molar-refractivity contribution in [3.8, 4) is 0 Å². The number of morpholine rings is 1. The zero-order valence-corrected chi connectivity index (χ0v) is 20.0. The summed E-state index contributed by atoms with van der Waals surface area (Å²) in [7, 11) is -2.00. The Bertz CT molecular complexity index is 1080. The summed E-state index contributed by atoms with van der Waals surface area (Å²) in [4.78, 5) is 14.2. The van der Waals surface area contributed by atoms with E-state index in [1.807, 2.05) is 13.8 Å². The van der Waals surface area contributed by atoms with Gasteiger partial charge in [0.05, 0.1) is 29.2 Å². The molecule has 3 rings (SSSR count). The summed E-state index contributed by atoms with van der Waals surface area (Å²) in [6.45, 7) is 4.49. The van der Waals surface area contributed by atoms with Gasteiger partial charge in [0, 0.05) is 25.3 Å². The number of ether oxygens (including phenoxy) is 1. The Morgan fingerprint density at radius 3 is 2.15 bits per heavy atom. The van der Waals surface area contributed by atoms with E-state index in [0.717, 1.165) is 12.1 Å². The molecule has 2 atom stereocenters. The van der Waals surface area contributed by atoms with Gasteiger partial charge in [-0.05, 0) is 62.9 Å². The number of amides is 1. The quantitative estimate of drug-likeness (QED) is 0.630. The van der Waals surface area contributed by atoms with Crippen LogP contribution in [0.4, 0.5) is 18.9 Å². The van der Waals surface area contributed by atoms with E-state index in [4.69, 9.17) is 4.74 Å². The normalized spacial score (nSPS) is 19.9. The largest absolute Gasteiger partial charge is 0.416 e. The fraction of sp³-hybridized carbons (Fsp3) is 0.435. The first-order valence-corrected chi connectivity index (χ1v) is 12.2. The molecule has 2 aromatic rings. The van der Waals surface area contributed by atoms with Crippen LogP contribution >= 0.6 is 0 Å². The van der Waals surface area contributed by atoms with Crippen LogP contribution in [-0.2, 0) is 32.3 Å². The maximum absolute atomic E-state index is 12.9. The molecule has 0 radical (unpaired) electrons. The summed E-state index contributed by atoms with van der Waals surface area (Å²) in [5, 5.41) is 2.70. The van der Waals surface area contributed by atoms with Crippen LogP contribution in [0.3, 0.4) is 0 Å². The number of benzene rings is 2. The smallest absolute Gasteiger partial charge is 0.373 e. The number of sulfonamides is 1. The predicted octanol–water partition coefficient (Wildman–Crippen LogP) is 3.57. The lowest BCUT2D eigenvalue weighted by atomic mass is 10.1. The van der Waals surface area contributed by atoms with Crippen LogP contribution in [0.5, 0.6) is 0 Å². The monoisotopic (exact) mass is 499 g/mol. The fourth-order valence-electron chi connectivity index (χ4n) is 3.80. The van der Waals surface area contributed by atoms with Crippen molar-refractivity contribution in [1.82, 2.24) is 9.21 Å². The van der Waals surface area contributed by atoms with Crippen molar-refractivity contribution in [1.29, 1.82) is 0 Å². The second-order valence-corrected chi connectivity index (χ2v) is 10.5. The van der Waals surface area contributed by atoms with Gasteiger partial charge in [-0.1, -0.05) is 12.1 Å². The molecule has 1 aliphatic heterocycles. The first kappa shape index (κ1) is 26.1. The highest BCUT2D eigenvalue weighted by atomic mass is 32.2. The lowest BCUT2D eigenvalue weighted by Gasteiger charge is -2.34. The Hall–Kier alpha value is -2.47. The van der Waals surface area contributed by atoms with E-state index in [0.29, 0.717) is 17.8 Å². The van der Waals surface area contributed by atoms with Crippen LogP contribution < -0.4 is 5.32 Å². The summed E-state index contributed by atoms with van der Waals surface area (Å²) in [5.41, 5.74) is 0.361. The van der Waals surface area contributed by atoms with Crippen LogP contribution in [0.15, 0.2) is 53.4 Å². The van der Waals surface area contributed by atoms with Crippen molar-refractivity contribution in [2.45, 2.75) is 43.7 Å². The first-order valence-electron chi connectivity index (χ1n) is 10.7. The third-order valence-electron chi connectivity index (χ3n) is 5.31. The van der Waals surface area contributed by atoms with E-state index in [1.54, 1.807) is 11.9 Å². The number of halogens is 3. The molecular formula is C23H28F3N3O4S. The van der Waals surface area contributed by atoms with Crippen molar-refractivity contribution < 1.29 is 31.1 Å². The van der Waals surface area contributed by atoms with E-state index in [-0.39, 0.29) is 42.6 Å². The lowest BCUT2D eigenvalue weighted by Crippen LogP contribution is -2.48. The Balaban J connectivity index is 1.55. The highest BCUT2D eigenvalue weighted by molar-refractivity contribution is 7.89. The molecule has 0 spiro atoms. The van der Waals surface area contributed by atoms with Gasteiger partial charge < -0.3 is 10.1 Å². The van der Waals surface area contributed by atoms with Crippen molar-refractivity contribution in [3.05, 3.63) is 59.7 Å². The summed E-state index contributed by atoms with van der Waals surface area (Å²) < 4.78 is 70.9. The SMILES string of the molecule is CC1CN(S(=O)(=O)c2ccc(NC(=O)CN(C)Cc3ccc(C(F)(F)F)cc3)cc2)CC(C)O1. The molecule has 186 valence electrons. The summed E-state index contributed by atoms with van der Waals surface area (Å²) in [6.07, 6.45) is -4.79. The number of hydrogen-bond acceptors (Lipinski definition) is 5. The molecule has 2 unspecified atom stereocenters. The standard InChI is InChI=1S/C23H28F3N3O4S/c1-16-12-29(13-17(2)33-16)34(31,32)21-10-8-20(9-11-21)27-22(30)15-28(3)14-18-4-6-19(7-5-18)23(24,25)26/h4-11,16-17H,12-15H2,1-3H3,(H,27,30). The maximum atomic E-state index is 12.9. The van der Waals surface area contributed by atoms with Crippen LogP contribution in [0.25, 0.3) is 0 Å². The summed E-state index contributed by atoms with van der Waals surface area (Å²) >= 11 is 0. The molecule has 2 aromatic carbocycles. The van der Waals surface area contributed by atoms with Crippen molar-refractivity contribution in [2.75, 3.05) is 32.0 Å². The minimum absolute atomic E-state index is 0.00459. The average molecular weight is 500 g/mol. The number of alkyl halides is 3. The molecule has 1 saturated heterocycles. The number of nitrogens with zero attached hydrogens (tertiary/aromatic N) is 2. The highest BCUT2D eigenvalue weighted by Crippen LogP contribution is 2.29. The number of likely N-dealkylation sites (N-methyl/N-ethyl adjacent to an activating group) is 1. The molecule has 0 aromatic heterocycles. The van der Waals surface area contributed by atoms with Crippen molar-refractivity contribution in [3.63, 3.8) is 0 Å². The van der Waals surface area contributed by atoms with Gasteiger partial charge in [0.1, 0.15) is 0 Å². The van der Waals surface area contributed by atoms with Gasteiger partial charge in [0.25, 0.3) is 0 Å². The molecule has 1 heterocycles. The van der Waals surface area contributed by atoms with E-state index in [1.165, 1.54) is 40.7 Å². The van der Waals surface area contributed by atoms with E-state index in [2.05, 4.69) is 5.32 Å². The van der Waals surface area contributed by atoms with E-state index < -0.39 is 21.8 Å². The zero-order valence-electron chi connectivity index (χ0n) is 19.2. The van der Waals surface area contributed by atoms with E-state index in [9.17, 15) is 26.4 Å². The van der Waals surface area contributed by atoms with Crippen molar-refractivity contribution in [2.24, 2.45) is 0 Å². The number of rotatable bonds is 7. The van der Waals surface area contributed by atoms with Crippen LogP contribution in [0, 0.1) is 0 Å². The minimum atomic E-state index is -4.39. The average Bonchev–Trinajstić information content (AvgIpc) is 2.73. The van der Waals surface area contributed by atoms with Gasteiger partial charge in [-0.2, -0.15) is 17.5 Å². The van der Waals surface area contributed by atoms with Gasteiger partial charge in [-0.15, -0.1) is 0 Å². The number of hydrogen-bond donors (Lipinski definition) is 1. The molecular weight excluding hydrogens is 471 g/mol. The summed E-state index contributed by atoms with van der Waals surface area (Å²) in [6, 6.07) is 10.7. The van der Waals surface area contributed by atoms with Crippen molar-refractivity contribution >= 4 is 21.6 Å². The van der Waals surface area contributed by atoms with Gasteiger partial charge in [-0.3, -0.25) is 9.69 Å². The Kier molecular flexibility index (Phi) is 8.02. The fourth-order valence-corrected chi connectivity index (χ4v) is 5.39. The van der Waals surface area contributed by atoms with Gasteiger partial charge in [0.15, 0.2) is 0 Å². The van der Waals surface area contributed by atoms with Crippen LogP contribution in [0.2, 0.25) is 0 Å². The number of nitrogens with one attached hydrogen (secondary N) is 1. The molecule has 1 amide bonds. The minimum Gasteiger partial charge on any atom is -0.373 e. The van der Waals surface area contributed by atoms with Gasteiger partial charge in [0.2, 0.25) is 15.9 Å². The Morgan fingerprint density at radius 1 is 1.06 bits per heavy atom. The molecule has 1 aliphatic rings. The summed E-state index contributed by atoms with van der Waals surface area (Å²) in [5.74, 6) is -0.333. The Morgan fingerprint density at radius 2 is 1.62 bits per heavy atom. The first-order chi connectivity index (χ1) is 15.8. The molecule has 34 heavy (non-hydrogen) atoms. The van der Waals surface area contributed by atoms with Gasteiger partial charge in [-0.25, -0.2) is 8.42 Å². The molecule has 0 saturated carbocycles. The number of anilines is 1. The molecule has 11 heteroatoms. The number of carbonyl (C=O) groups excluding carboxylic acids is 1. The van der Waals surface area contributed by atoms with Gasteiger partial charge >= 0.3 is 6.18 Å². The molecule has 1 N–H and O–H groups in total. The maximum Gasteiger partial charge on any atom is 0.416 e.